The van der Waals surface area contributed by atoms with Gasteiger partial charge < -0.3 is 0 Å². The van der Waals surface area contributed by atoms with Crippen molar-refractivity contribution in [3.8, 4) is 0 Å². The molecule has 2 N–H and O–H groups in total. The summed E-state index contributed by atoms with van der Waals surface area (Å²) in [5.41, 5.74) is 0.242. The number of rotatable bonds is 6. The summed E-state index contributed by atoms with van der Waals surface area (Å²) in [7, 11) is -7.87. The van der Waals surface area contributed by atoms with Gasteiger partial charge in [-0.3, -0.25) is 9.44 Å². The van der Waals surface area contributed by atoms with E-state index in [1.54, 1.807) is 18.2 Å². The predicted molar refractivity (Wildman–Crippen MR) is 139 cm³/mol. The van der Waals surface area contributed by atoms with Crippen molar-refractivity contribution in [1.29, 1.82) is 0 Å². The van der Waals surface area contributed by atoms with Gasteiger partial charge in [-0.25, -0.2) is 16.8 Å². The number of anilines is 2. The Morgan fingerprint density at radius 3 is 1.61 bits per heavy atom. The smallest absolute Gasteiger partial charge is 0.271 e. The molecule has 5 rings (SSSR count). The van der Waals surface area contributed by atoms with Crippen LogP contribution in [0.15, 0.2) is 91.8 Å². The standard InChI is InChI=1S/C22H15BrN2O4S4/c23-16-9-10-17(24-32(26,27)21-11-14-5-1-3-7-19(14)30-21)18(13-16)25-33(28,29)22-12-15-6-2-4-8-20(15)31-22/h1-13,24-25H. The highest BCUT2D eigenvalue weighted by molar-refractivity contribution is 9.10. The van der Waals surface area contributed by atoms with E-state index in [0.29, 0.717) is 4.47 Å². The number of fused-ring (bicyclic) bond motifs is 2. The molecular weight excluding hydrogens is 564 g/mol. The summed E-state index contributed by atoms with van der Waals surface area (Å²) >= 11 is 5.62. The summed E-state index contributed by atoms with van der Waals surface area (Å²) in [5.74, 6) is 0. The molecular formula is C22H15BrN2O4S4. The molecule has 0 bridgehead atoms. The molecule has 0 aliphatic rings. The average molecular weight is 580 g/mol. The van der Waals surface area contributed by atoms with E-state index in [4.69, 9.17) is 0 Å². The molecule has 0 saturated heterocycles. The van der Waals surface area contributed by atoms with Crippen LogP contribution in [0.5, 0.6) is 0 Å². The van der Waals surface area contributed by atoms with Gasteiger partial charge in [-0.05, 0) is 53.2 Å². The molecule has 0 unspecified atom stereocenters. The largest absolute Gasteiger partial charge is 0.277 e. The molecule has 33 heavy (non-hydrogen) atoms. The topological polar surface area (TPSA) is 92.3 Å². The third kappa shape index (κ3) is 4.51. The molecule has 168 valence electrons. The zero-order valence-corrected chi connectivity index (χ0v) is 21.5. The van der Waals surface area contributed by atoms with Crippen LogP contribution in [0.2, 0.25) is 0 Å². The lowest BCUT2D eigenvalue weighted by Crippen LogP contribution is -2.16. The molecule has 2 aromatic heterocycles. The van der Waals surface area contributed by atoms with Crippen LogP contribution in [-0.4, -0.2) is 16.8 Å². The number of hydrogen-bond acceptors (Lipinski definition) is 6. The fraction of sp³-hybridized carbons (Fsp3) is 0. The second-order valence-corrected chi connectivity index (χ2v) is 14.0. The Balaban J connectivity index is 1.50. The van der Waals surface area contributed by atoms with E-state index in [-0.39, 0.29) is 19.8 Å². The van der Waals surface area contributed by atoms with E-state index in [1.165, 1.54) is 12.1 Å². The minimum Gasteiger partial charge on any atom is -0.277 e. The van der Waals surface area contributed by atoms with E-state index in [9.17, 15) is 16.8 Å². The van der Waals surface area contributed by atoms with E-state index < -0.39 is 20.0 Å². The molecule has 0 fully saturated rings. The van der Waals surface area contributed by atoms with E-state index >= 15 is 0 Å². The van der Waals surface area contributed by atoms with E-state index in [1.807, 2.05) is 48.5 Å². The predicted octanol–water partition coefficient (Wildman–Crippen LogP) is 6.48. The van der Waals surface area contributed by atoms with Crippen LogP contribution in [0.3, 0.4) is 0 Å². The normalized spacial score (nSPS) is 12.3. The quantitative estimate of drug-likeness (QED) is 0.241. The molecule has 3 aromatic carbocycles. The van der Waals surface area contributed by atoms with Crippen molar-refractivity contribution < 1.29 is 16.8 Å². The van der Waals surface area contributed by atoms with Gasteiger partial charge in [0.15, 0.2) is 0 Å². The number of nitrogens with one attached hydrogen (secondary N) is 2. The first-order chi connectivity index (χ1) is 15.7. The van der Waals surface area contributed by atoms with Gasteiger partial charge in [0.2, 0.25) is 0 Å². The molecule has 2 heterocycles. The lowest BCUT2D eigenvalue weighted by molar-refractivity contribution is 0.601. The molecule has 0 radical (unpaired) electrons. The Kier molecular flexibility index (Phi) is 5.69. The van der Waals surface area contributed by atoms with Gasteiger partial charge in [-0.15, -0.1) is 22.7 Å². The summed E-state index contributed by atoms with van der Waals surface area (Å²) in [6, 6.07) is 22.6. The number of thiophene rings is 2. The average Bonchev–Trinajstić information content (AvgIpc) is 3.40. The van der Waals surface area contributed by atoms with Crippen LogP contribution in [0.1, 0.15) is 0 Å². The van der Waals surface area contributed by atoms with Crippen molar-refractivity contribution in [2.45, 2.75) is 8.42 Å². The van der Waals surface area contributed by atoms with Gasteiger partial charge in [0.05, 0.1) is 11.4 Å². The first-order valence-electron chi connectivity index (χ1n) is 9.54. The molecule has 0 aliphatic heterocycles. The minimum atomic E-state index is -3.94. The molecule has 0 spiro atoms. The van der Waals surface area contributed by atoms with Gasteiger partial charge in [0.25, 0.3) is 20.0 Å². The van der Waals surface area contributed by atoms with Gasteiger partial charge in [0.1, 0.15) is 8.42 Å². The molecule has 0 atom stereocenters. The van der Waals surface area contributed by atoms with Crippen LogP contribution in [0.4, 0.5) is 11.4 Å². The van der Waals surface area contributed by atoms with Gasteiger partial charge >= 0.3 is 0 Å². The summed E-state index contributed by atoms with van der Waals surface area (Å²) < 4.78 is 60.0. The fourth-order valence-corrected chi connectivity index (χ4v) is 8.57. The summed E-state index contributed by atoms with van der Waals surface area (Å²) in [6.45, 7) is 0. The van der Waals surface area contributed by atoms with Crippen molar-refractivity contribution in [2.75, 3.05) is 9.44 Å². The van der Waals surface area contributed by atoms with Crippen molar-refractivity contribution >= 4 is 90.2 Å². The maximum atomic E-state index is 13.1. The van der Waals surface area contributed by atoms with Gasteiger partial charge in [-0.2, -0.15) is 0 Å². The SMILES string of the molecule is O=S(=O)(Nc1ccc(Br)cc1NS(=O)(=O)c1cc2ccccc2s1)c1cc2ccccc2s1. The van der Waals surface area contributed by atoms with Crippen molar-refractivity contribution in [1.82, 2.24) is 0 Å². The summed E-state index contributed by atoms with van der Waals surface area (Å²) in [4.78, 5) is 0. The van der Waals surface area contributed by atoms with Crippen LogP contribution in [-0.2, 0) is 20.0 Å². The fourth-order valence-electron chi connectivity index (χ4n) is 3.26. The Morgan fingerprint density at radius 2 is 1.09 bits per heavy atom. The lowest BCUT2D eigenvalue weighted by atomic mass is 10.3. The van der Waals surface area contributed by atoms with Crippen molar-refractivity contribution in [3.05, 3.63) is 83.3 Å². The zero-order chi connectivity index (χ0) is 23.2. The third-order valence-electron chi connectivity index (χ3n) is 4.81. The monoisotopic (exact) mass is 578 g/mol. The highest BCUT2D eigenvalue weighted by Gasteiger charge is 2.23. The highest BCUT2D eigenvalue weighted by Crippen LogP contribution is 2.35. The van der Waals surface area contributed by atoms with Crippen LogP contribution >= 0.6 is 38.6 Å². The van der Waals surface area contributed by atoms with Gasteiger partial charge in [0, 0.05) is 13.9 Å². The lowest BCUT2D eigenvalue weighted by Gasteiger charge is -2.14. The number of halogens is 1. The number of benzene rings is 3. The Labute approximate surface area is 207 Å². The van der Waals surface area contributed by atoms with E-state index in [0.717, 1.165) is 42.8 Å². The number of hydrogen-bond donors (Lipinski definition) is 2. The summed E-state index contributed by atoms with van der Waals surface area (Å²) in [5, 5.41) is 1.65. The Bertz CT molecular complexity index is 1660. The van der Waals surface area contributed by atoms with Crippen molar-refractivity contribution in [3.63, 3.8) is 0 Å². The second kappa shape index (κ2) is 8.41. The first-order valence-corrected chi connectivity index (χ1v) is 14.9. The van der Waals surface area contributed by atoms with E-state index in [2.05, 4.69) is 25.4 Å². The van der Waals surface area contributed by atoms with Crippen LogP contribution in [0, 0.1) is 0 Å². The van der Waals surface area contributed by atoms with Crippen LogP contribution in [0.25, 0.3) is 20.2 Å². The Hall–Kier alpha value is -2.44. The second-order valence-electron chi connectivity index (χ2n) is 7.11. The Morgan fingerprint density at radius 1 is 0.606 bits per heavy atom. The third-order valence-corrected chi connectivity index (χ3v) is 11.2. The maximum absolute atomic E-state index is 13.1. The van der Waals surface area contributed by atoms with Crippen LogP contribution < -0.4 is 9.44 Å². The molecule has 0 aliphatic carbocycles. The molecule has 0 saturated carbocycles. The number of sulfonamides is 2. The van der Waals surface area contributed by atoms with Gasteiger partial charge in [-0.1, -0.05) is 52.3 Å². The maximum Gasteiger partial charge on any atom is 0.271 e. The summed E-state index contributed by atoms with van der Waals surface area (Å²) in [6.07, 6.45) is 0. The molecule has 6 nitrogen and oxygen atoms in total. The minimum absolute atomic E-state index is 0.117. The molecule has 11 heteroatoms. The molecule has 5 aromatic rings. The van der Waals surface area contributed by atoms with Crippen molar-refractivity contribution in [2.24, 2.45) is 0 Å². The first kappa shape index (κ1) is 22.4. The highest BCUT2D eigenvalue weighted by atomic mass is 79.9. The zero-order valence-electron chi connectivity index (χ0n) is 16.6. The molecule has 0 amide bonds.